The molecule has 6 aromatic rings. The van der Waals surface area contributed by atoms with Crippen molar-refractivity contribution in [1.29, 1.82) is 0 Å². The zero-order valence-electron chi connectivity index (χ0n) is 26.9. The first-order chi connectivity index (χ1) is 23.9. The first-order valence-corrected chi connectivity index (χ1v) is 16.6. The Kier molecular flexibility index (Phi) is 9.94. The molecule has 4 amide bonds. The molecule has 258 valence electrons. The topological polar surface area (TPSA) is 118 Å². The summed E-state index contributed by atoms with van der Waals surface area (Å²) in [6, 6.07) is 15.4. The molecular formula is C36H33Cl2F3N7O2+. The largest absolute Gasteiger partial charge is 0.416 e. The number of fused-ring (bicyclic) bond motifs is 2. The normalized spacial score (nSPS) is 12.9. The van der Waals surface area contributed by atoms with Crippen molar-refractivity contribution in [2.75, 3.05) is 10.6 Å². The van der Waals surface area contributed by atoms with Crippen molar-refractivity contribution >= 4 is 68.4 Å². The molecule has 6 N–H and O–H groups in total. The lowest BCUT2D eigenvalue weighted by Gasteiger charge is -2.19. The second-order valence-corrected chi connectivity index (χ2v) is 12.7. The van der Waals surface area contributed by atoms with E-state index in [1.54, 1.807) is 78.7 Å². The number of nitrogens with zero attached hydrogens (tertiary/aromatic N) is 1. The van der Waals surface area contributed by atoms with E-state index in [2.05, 4.69) is 31.2 Å². The summed E-state index contributed by atoms with van der Waals surface area (Å²) in [5.74, 6) is 0. The highest BCUT2D eigenvalue weighted by molar-refractivity contribution is 6.36. The third-order valence-corrected chi connectivity index (χ3v) is 8.93. The number of anilines is 2. The molecule has 0 aliphatic rings. The van der Waals surface area contributed by atoms with Gasteiger partial charge >= 0.3 is 18.2 Å². The van der Waals surface area contributed by atoms with E-state index in [-0.39, 0.29) is 17.3 Å². The molecule has 3 aromatic carbocycles. The Bertz CT molecular complexity index is 2180. The quantitative estimate of drug-likeness (QED) is 0.0834. The molecule has 2 unspecified atom stereocenters. The van der Waals surface area contributed by atoms with Gasteiger partial charge in [0.2, 0.25) is 5.69 Å². The van der Waals surface area contributed by atoms with Gasteiger partial charge in [-0.2, -0.15) is 17.7 Å². The van der Waals surface area contributed by atoms with Crippen LogP contribution >= 0.6 is 23.2 Å². The Morgan fingerprint density at radius 1 is 0.780 bits per heavy atom. The lowest BCUT2D eigenvalue weighted by Crippen LogP contribution is -2.35. The van der Waals surface area contributed by atoms with E-state index in [0.29, 0.717) is 27.8 Å². The molecule has 0 aliphatic carbocycles. The number of benzene rings is 3. The number of hydrogen-bond acceptors (Lipinski definition) is 2. The van der Waals surface area contributed by atoms with E-state index in [1.807, 2.05) is 19.1 Å². The maximum Gasteiger partial charge on any atom is 0.416 e. The number of rotatable bonds is 9. The van der Waals surface area contributed by atoms with Gasteiger partial charge in [-0.3, -0.25) is 0 Å². The SMILES string of the molecule is CCCC(NC(=O)Nc1cc(Cl)c2cc[nH]c2c1)c1cc[n+](-c2cc(C(C)NC(=O)Nc3cc(Cl)c4cc[nH]c4c3)cc(C(F)(F)F)c2)cc1. The summed E-state index contributed by atoms with van der Waals surface area (Å²) in [5.41, 5.74) is 2.86. The number of pyridine rings is 1. The van der Waals surface area contributed by atoms with Crippen molar-refractivity contribution in [3.8, 4) is 5.69 Å². The third-order valence-electron chi connectivity index (χ3n) is 8.31. The Balaban J connectivity index is 1.18. The fourth-order valence-corrected chi connectivity index (χ4v) is 6.38. The summed E-state index contributed by atoms with van der Waals surface area (Å²) in [7, 11) is 0. The predicted molar refractivity (Wildman–Crippen MR) is 190 cm³/mol. The number of alkyl halides is 3. The van der Waals surface area contributed by atoms with Crippen LogP contribution in [0.1, 0.15) is 55.5 Å². The molecule has 0 bridgehead atoms. The number of carbonyl (C=O) groups excluding carboxylic acids is 2. The van der Waals surface area contributed by atoms with Gasteiger partial charge in [0, 0.05) is 69.8 Å². The standard InChI is InChI=1S/C36H32Cl2F3N7O2/c1-3-4-31(47-35(50)46-25-17-30(38)28-6-10-43-33(28)19-25)21-7-11-48(12-8-21)26-14-22(13-23(15-26)36(39,40)41)20(2)44-34(49)45-24-16-29(37)27-5-9-42-32(27)18-24/h5-20,31,42-43H,3-4H2,1-2H3,(H3-,44,45,46,47,49,50)/p+1. The van der Waals surface area contributed by atoms with Crippen molar-refractivity contribution in [2.24, 2.45) is 0 Å². The van der Waals surface area contributed by atoms with E-state index in [9.17, 15) is 22.8 Å². The minimum atomic E-state index is -4.63. The first-order valence-electron chi connectivity index (χ1n) is 15.8. The summed E-state index contributed by atoms with van der Waals surface area (Å²) in [4.78, 5) is 32.0. The summed E-state index contributed by atoms with van der Waals surface area (Å²) in [6.07, 6.45) is 3.53. The molecule has 0 saturated heterocycles. The molecule has 6 rings (SSSR count). The molecule has 0 aliphatic heterocycles. The van der Waals surface area contributed by atoms with Crippen LogP contribution in [0, 0.1) is 0 Å². The maximum atomic E-state index is 14.1. The van der Waals surface area contributed by atoms with E-state index in [1.165, 1.54) is 0 Å². The van der Waals surface area contributed by atoms with Crippen LogP contribution in [0.3, 0.4) is 0 Å². The van der Waals surface area contributed by atoms with E-state index in [0.717, 1.165) is 45.9 Å². The fraction of sp³-hybridized carbons (Fsp3) is 0.194. The molecule has 14 heteroatoms. The van der Waals surface area contributed by atoms with Crippen molar-refractivity contribution < 1.29 is 27.3 Å². The number of urea groups is 2. The van der Waals surface area contributed by atoms with Crippen LogP contribution in [0.2, 0.25) is 10.0 Å². The Morgan fingerprint density at radius 3 is 1.88 bits per heavy atom. The van der Waals surface area contributed by atoms with Gasteiger partial charge in [-0.05, 0) is 66.9 Å². The van der Waals surface area contributed by atoms with Crippen LogP contribution in [-0.2, 0) is 6.18 Å². The highest BCUT2D eigenvalue weighted by Gasteiger charge is 2.33. The van der Waals surface area contributed by atoms with Gasteiger partial charge in [0.05, 0.1) is 27.7 Å². The van der Waals surface area contributed by atoms with Gasteiger partial charge < -0.3 is 31.2 Å². The van der Waals surface area contributed by atoms with Crippen molar-refractivity contribution in [1.82, 2.24) is 20.6 Å². The Hall–Kier alpha value is -5.20. The highest BCUT2D eigenvalue weighted by Crippen LogP contribution is 2.33. The van der Waals surface area contributed by atoms with Gasteiger partial charge in [0.25, 0.3) is 0 Å². The monoisotopic (exact) mass is 722 g/mol. The number of carbonyl (C=O) groups is 2. The summed E-state index contributed by atoms with van der Waals surface area (Å²) in [5, 5.41) is 13.8. The number of nitrogens with one attached hydrogen (secondary N) is 6. The Labute approximate surface area is 295 Å². The predicted octanol–water partition coefficient (Wildman–Crippen LogP) is 9.80. The van der Waals surface area contributed by atoms with Crippen LogP contribution < -0.4 is 25.8 Å². The van der Waals surface area contributed by atoms with Crippen molar-refractivity contribution in [2.45, 2.75) is 44.9 Å². The fourth-order valence-electron chi connectivity index (χ4n) is 5.81. The number of H-pyrrole nitrogens is 2. The average Bonchev–Trinajstić information content (AvgIpc) is 3.74. The van der Waals surface area contributed by atoms with Crippen molar-refractivity contribution in [3.05, 3.63) is 118 Å². The number of halogens is 5. The molecule has 50 heavy (non-hydrogen) atoms. The van der Waals surface area contributed by atoms with Crippen molar-refractivity contribution in [3.63, 3.8) is 0 Å². The maximum absolute atomic E-state index is 14.1. The van der Waals surface area contributed by atoms with Gasteiger partial charge in [0.1, 0.15) is 0 Å². The van der Waals surface area contributed by atoms with Gasteiger partial charge in [-0.25, -0.2) is 9.59 Å². The molecular weight excluding hydrogens is 690 g/mol. The molecule has 2 atom stereocenters. The number of aromatic nitrogens is 3. The lowest BCUT2D eigenvalue weighted by molar-refractivity contribution is -0.596. The number of hydrogen-bond donors (Lipinski definition) is 6. The Morgan fingerprint density at radius 2 is 1.34 bits per heavy atom. The summed E-state index contributed by atoms with van der Waals surface area (Å²) < 4.78 is 43.7. The molecule has 0 saturated carbocycles. The highest BCUT2D eigenvalue weighted by atomic mass is 35.5. The molecule has 0 spiro atoms. The third kappa shape index (κ3) is 7.82. The zero-order chi connectivity index (χ0) is 35.6. The van der Waals surface area contributed by atoms with Gasteiger partial charge in [0.15, 0.2) is 12.4 Å². The molecule has 9 nitrogen and oxygen atoms in total. The minimum Gasteiger partial charge on any atom is -0.361 e. The molecule has 0 radical (unpaired) electrons. The number of amides is 4. The van der Waals surface area contributed by atoms with Gasteiger partial charge in [-0.15, -0.1) is 0 Å². The zero-order valence-corrected chi connectivity index (χ0v) is 28.4. The second kappa shape index (κ2) is 14.3. The number of aromatic amines is 2. The first kappa shape index (κ1) is 34.7. The van der Waals surface area contributed by atoms with Gasteiger partial charge in [-0.1, -0.05) is 36.5 Å². The summed E-state index contributed by atoms with van der Waals surface area (Å²) >= 11 is 12.7. The second-order valence-electron chi connectivity index (χ2n) is 11.9. The van der Waals surface area contributed by atoms with Crippen LogP contribution in [0.15, 0.2) is 91.5 Å². The lowest BCUT2D eigenvalue weighted by atomic mass is 10.0. The van der Waals surface area contributed by atoms with E-state index >= 15 is 0 Å². The molecule has 3 heterocycles. The molecule has 0 fully saturated rings. The van der Waals surface area contributed by atoms with Crippen LogP contribution in [0.4, 0.5) is 34.1 Å². The smallest absolute Gasteiger partial charge is 0.361 e. The van der Waals surface area contributed by atoms with Crippen LogP contribution in [0.25, 0.3) is 27.5 Å². The minimum absolute atomic E-state index is 0.244. The molecule has 3 aromatic heterocycles. The van der Waals surface area contributed by atoms with Crippen LogP contribution in [-0.4, -0.2) is 22.0 Å². The van der Waals surface area contributed by atoms with E-state index < -0.39 is 29.8 Å². The average molecular weight is 724 g/mol. The summed E-state index contributed by atoms with van der Waals surface area (Å²) in [6.45, 7) is 3.59. The van der Waals surface area contributed by atoms with Crippen LogP contribution in [0.5, 0.6) is 0 Å². The van der Waals surface area contributed by atoms with E-state index in [4.69, 9.17) is 23.2 Å².